The van der Waals surface area contributed by atoms with Gasteiger partial charge >= 0.3 is 6.09 Å². The normalized spacial score (nSPS) is 13.6. The smallest absolute Gasteiger partial charge is 0.407 e. The zero-order chi connectivity index (χ0) is 14.1. The second-order valence-electron chi connectivity index (χ2n) is 4.70. The van der Waals surface area contributed by atoms with Gasteiger partial charge in [0.1, 0.15) is 6.61 Å². The van der Waals surface area contributed by atoms with E-state index in [0.29, 0.717) is 0 Å². The van der Waals surface area contributed by atoms with Crippen LogP contribution in [0.25, 0.3) is 0 Å². The minimum atomic E-state index is -0.573. The Hall–Kier alpha value is -1.55. The molecule has 2 atom stereocenters. The predicted octanol–water partition coefficient (Wildman–Crippen LogP) is 2.85. The summed E-state index contributed by atoms with van der Waals surface area (Å²) < 4.78 is 5.13. The molecule has 1 amide bonds. The van der Waals surface area contributed by atoms with E-state index in [-0.39, 0.29) is 12.6 Å². The first-order chi connectivity index (χ1) is 9.13. The van der Waals surface area contributed by atoms with E-state index < -0.39 is 12.2 Å². The van der Waals surface area contributed by atoms with Gasteiger partial charge in [-0.25, -0.2) is 4.79 Å². The summed E-state index contributed by atoms with van der Waals surface area (Å²) in [6.45, 7) is 4.00. The first kappa shape index (κ1) is 15.5. The van der Waals surface area contributed by atoms with Gasteiger partial charge in [-0.05, 0) is 18.9 Å². The number of ether oxygens (including phenoxy) is 1. The number of aliphatic hydroxyl groups is 1. The Morgan fingerprint density at radius 3 is 2.63 bits per heavy atom. The number of unbranched alkanes of at least 4 members (excludes halogenated alkanes) is 1. The topological polar surface area (TPSA) is 58.6 Å². The Balaban J connectivity index is 2.36. The van der Waals surface area contributed by atoms with Crippen LogP contribution in [-0.2, 0) is 11.3 Å². The number of carbonyl (C=O) groups excluding carboxylic acids is 1. The van der Waals surface area contributed by atoms with Crippen LogP contribution in [0.2, 0.25) is 0 Å². The molecular formula is C15H23NO3. The zero-order valence-electron chi connectivity index (χ0n) is 11.6. The molecule has 4 heteroatoms. The lowest BCUT2D eigenvalue weighted by molar-refractivity contribution is 0.106. The lowest BCUT2D eigenvalue weighted by atomic mass is 10.1. The van der Waals surface area contributed by atoms with Crippen molar-refractivity contribution in [1.29, 1.82) is 0 Å². The molecule has 0 aliphatic heterocycles. The van der Waals surface area contributed by atoms with Gasteiger partial charge in [-0.15, -0.1) is 0 Å². The van der Waals surface area contributed by atoms with Crippen LogP contribution in [0, 0.1) is 0 Å². The van der Waals surface area contributed by atoms with Crippen molar-refractivity contribution in [2.24, 2.45) is 0 Å². The second kappa shape index (κ2) is 8.53. The summed E-state index contributed by atoms with van der Waals surface area (Å²) in [5, 5.41) is 12.3. The summed E-state index contributed by atoms with van der Waals surface area (Å²) >= 11 is 0. The fraction of sp³-hybridized carbons (Fsp3) is 0.533. The average Bonchev–Trinajstić information content (AvgIpc) is 2.42. The molecular weight excluding hydrogens is 242 g/mol. The third-order valence-electron chi connectivity index (χ3n) is 2.97. The number of nitrogens with one attached hydrogen (secondary N) is 1. The van der Waals surface area contributed by atoms with Crippen molar-refractivity contribution >= 4 is 6.09 Å². The first-order valence-corrected chi connectivity index (χ1v) is 6.78. The largest absolute Gasteiger partial charge is 0.445 e. The van der Waals surface area contributed by atoms with E-state index in [1.54, 1.807) is 6.92 Å². The number of alkyl carbamates (subject to hydrolysis) is 1. The molecule has 19 heavy (non-hydrogen) atoms. The number of hydrogen-bond donors (Lipinski definition) is 2. The third-order valence-corrected chi connectivity index (χ3v) is 2.97. The molecule has 0 heterocycles. The van der Waals surface area contributed by atoms with Gasteiger partial charge in [0, 0.05) is 0 Å². The Labute approximate surface area is 114 Å². The fourth-order valence-electron chi connectivity index (χ4n) is 1.77. The van der Waals surface area contributed by atoms with Crippen LogP contribution in [0.15, 0.2) is 30.3 Å². The van der Waals surface area contributed by atoms with Gasteiger partial charge in [-0.3, -0.25) is 0 Å². The Bertz CT molecular complexity index is 365. The molecule has 4 nitrogen and oxygen atoms in total. The average molecular weight is 265 g/mol. The summed E-state index contributed by atoms with van der Waals surface area (Å²) in [6.07, 6.45) is 1.70. The lowest BCUT2D eigenvalue weighted by Gasteiger charge is -2.20. The molecule has 0 aromatic heterocycles. The number of benzene rings is 1. The van der Waals surface area contributed by atoms with Crippen molar-refractivity contribution in [1.82, 2.24) is 5.32 Å². The molecule has 0 saturated heterocycles. The van der Waals surface area contributed by atoms with Crippen molar-refractivity contribution in [3.63, 3.8) is 0 Å². The standard InChI is InChI=1S/C15H23NO3/c1-3-4-10-14(12(2)17)16-15(18)19-11-13-8-6-5-7-9-13/h5-9,12,14,17H,3-4,10-11H2,1-2H3,(H,16,18). The molecule has 2 unspecified atom stereocenters. The van der Waals surface area contributed by atoms with E-state index >= 15 is 0 Å². The molecule has 106 valence electrons. The van der Waals surface area contributed by atoms with E-state index in [1.807, 2.05) is 30.3 Å². The van der Waals surface area contributed by atoms with E-state index in [9.17, 15) is 9.90 Å². The number of carbonyl (C=O) groups is 1. The molecule has 1 rings (SSSR count). The Morgan fingerprint density at radius 1 is 1.37 bits per heavy atom. The summed E-state index contributed by atoms with van der Waals surface area (Å²) in [7, 11) is 0. The number of hydrogen-bond acceptors (Lipinski definition) is 3. The second-order valence-corrected chi connectivity index (χ2v) is 4.70. The monoisotopic (exact) mass is 265 g/mol. The van der Waals surface area contributed by atoms with Crippen molar-refractivity contribution in [3.05, 3.63) is 35.9 Å². The van der Waals surface area contributed by atoms with Crippen molar-refractivity contribution in [2.45, 2.75) is 51.9 Å². The number of rotatable bonds is 7. The summed E-state index contributed by atoms with van der Waals surface area (Å²) in [5.41, 5.74) is 0.944. The van der Waals surface area contributed by atoms with Gasteiger partial charge in [0.15, 0.2) is 0 Å². The number of aliphatic hydroxyl groups excluding tert-OH is 1. The molecule has 0 aliphatic carbocycles. The summed E-state index contributed by atoms with van der Waals surface area (Å²) in [6, 6.07) is 9.26. The summed E-state index contributed by atoms with van der Waals surface area (Å²) in [5.74, 6) is 0. The highest BCUT2D eigenvalue weighted by Crippen LogP contribution is 2.06. The Morgan fingerprint density at radius 2 is 2.05 bits per heavy atom. The maximum Gasteiger partial charge on any atom is 0.407 e. The molecule has 0 fully saturated rings. The van der Waals surface area contributed by atoms with Crippen LogP contribution in [-0.4, -0.2) is 23.3 Å². The van der Waals surface area contributed by atoms with Gasteiger partial charge in [-0.2, -0.15) is 0 Å². The zero-order valence-corrected chi connectivity index (χ0v) is 11.6. The maximum atomic E-state index is 11.6. The van der Waals surface area contributed by atoms with Crippen molar-refractivity contribution in [2.75, 3.05) is 0 Å². The SMILES string of the molecule is CCCCC(NC(=O)OCc1ccccc1)C(C)O. The highest BCUT2D eigenvalue weighted by molar-refractivity contribution is 5.67. The molecule has 1 aromatic rings. The quantitative estimate of drug-likeness (QED) is 0.797. The molecule has 0 radical (unpaired) electrons. The molecule has 0 bridgehead atoms. The lowest BCUT2D eigenvalue weighted by Crippen LogP contribution is -2.42. The summed E-state index contributed by atoms with van der Waals surface area (Å²) in [4.78, 5) is 11.6. The van der Waals surface area contributed by atoms with Crippen molar-refractivity contribution < 1.29 is 14.6 Å². The number of amides is 1. The van der Waals surface area contributed by atoms with Crippen LogP contribution in [0.1, 0.15) is 38.7 Å². The highest BCUT2D eigenvalue weighted by atomic mass is 16.5. The fourth-order valence-corrected chi connectivity index (χ4v) is 1.77. The van der Waals surface area contributed by atoms with Gasteiger partial charge in [0.25, 0.3) is 0 Å². The van der Waals surface area contributed by atoms with Gasteiger partial charge in [-0.1, -0.05) is 50.1 Å². The van der Waals surface area contributed by atoms with Gasteiger partial charge in [0.2, 0.25) is 0 Å². The molecule has 2 N–H and O–H groups in total. The van der Waals surface area contributed by atoms with Gasteiger partial charge < -0.3 is 15.2 Å². The highest BCUT2D eigenvalue weighted by Gasteiger charge is 2.17. The van der Waals surface area contributed by atoms with Crippen molar-refractivity contribution in [3.8, 4) is 0 Å². The van der Waals surface area contributed by atoms with Gasteiger partial charge in [0.05, 0.1) is 12.1 Å². The molecule has 1 aromatic carbocycles. The minimum absolute atomic E-state index is 0.243. The predicted molar refractivity (Wildman–Crippen MR) is 74.8 cm³/mol. The van der Waals surface area contributed by atoms with E-state index in [4.69, 9.17) is 4.74 Å². The molecule has 0 spiro atoms. The van der Waals surface area contributed by atoms with Crippen LogP contribution in [0.5, 0.6) is 0 Å². The van der Waals surface area contributed by atoms with Crippen LogP contribution in [0.3, 0.4) is 0 Å². The van der Waals surface area contributed by atoms with E-state index in [1.165, 1.54) is 0 Å². The van der Waals surface area contributed by atoms with Crippen LogP contribution < -0.4 is 5.32 Å². The van der Waals surface area contributed by atoms with E-state index in [2.05, 4.69) is 12.2 Å². The minimum Gasteiger partial charge on any atom is -0.445 e. The molecule has 0 aliphatic rings. The third kappa shape index (κ3) is 6.25. The van der Waals surface area contributed by atoms with Crippen LogP contribution >= 0.6 is 0 Å². The van der Waals surface area contributed by atoms with Crippen LogP contribution in [0.4, 0.5) is 4.79 Å². The first-order valence-electron chi connectivity index (χ1n) is 6.78. The maximum absolute atomic E-state index is 11.6. The Kier molecular flexibility index (Phi) is 6.97. The van der Waals surface area contributed by atoms with E-state index in [0.717, 1.165) is 24.8 Å². The molecule has 0 saturated carbocycles.